The van der Waals surface area contributed by atoms with Crippen molar-refractivity contribution in [2.24, 2.45) is 5.73 Å². The summed E-state index contributed by atoms with van der Waals surface area (Å²) in [6.07, 6.45) is 4.14. The van der Waals surface area contributed by atoms with E-state index < -0.39 is 5.91 Å². The number of primary amides is 1. The number of aromatic nitrogens is 3. The van der Waals surface area contributed by atoms with Crippen LogP contribution in [0.25, 0.3) is 0 Å². The molecule has 0 unspecified atom stereocenters. The van der Waals surface area contributed by atoms with Crippen molar-refractivity contribution < 1.29 is 9.59 Å². The van der Waals surface area contributed by atoms with Crippen LogP contribution in [-0.4, -0.2) is 26.3 Å². The average Bonchev–Trinajstić information content (AvgIpc) is 2.83. The van der Waals surface area contributed by atoms with E-state index in [1.807, 2.05) is 19.1 Å². The summed E-state index contributed by atoms with van der Waals surface area (Å²) in [5.74, 6) is -0.455. The molecule has 0 atom stereocenters. The summed E-state index contributed by atoms with van der Waals surface area (Å²) in [6.45, 7) is 2.22. The topological polar surface area (TPSA) is 103 Å². The van der Waals surface area contributed by atoms with Gasteiger partial charge in [0.15, 0.2) is 0 Å². The lowest BCUT2D eigenvalue weighted by atomic mass is 10.3. The number of imidazole rings is 1. The van der Waals surface area contributed by atoms with E-state index in [4.69, 9.17) is 5.73 Å². The number of nitrogens with one attached hydrogen (secondary N) is 1. The van der Waals surface area contributed by atoms with Crippen molar-refractivity contribution in [3.05, 3.63) is 42.0 Å². The zero-order valence-corrected chi connectivity index (χ0v) is 11.7. The minimum atomic E-state index is -0.602. The zero-order chi connectivity index (χ0) is 15.2. The Bertz CT molecular complexity index is 636. The molecule has 0 aliphatic rings. The smallest absolute Gasteiger partial charge is 0.267 e. The first-order valence-electron chi connectivity index (χ1n) is 6.67. The van der Waals surface area contributed by atoms with Gasteiger partial charge >= 0.3 is 0 Å². The van der Waals surface area contributed by atoms with Crippen LogP contribution in [0.15, 0.2) is 30.6 Å². The van der Waals surface area contributed by atoms with Crippen molar-refractivity contribution in [3.8, 4) is 0 Å². The van der Waals surface area contributed by atoms with Crippen LogP contribution in [-0.2, 0) is 11.3 Å². The molecule has 2 aromatic heterocycles. The molecule has 0 saturated carbocycles. The lowest BCUT2D eigenvalue weighted by Gasteiger charge is -2.10. The van der Waals surface area contributed by atoms with Gasteiger partial charge in [-0.2, -0.15) is 0 Å². The maximum absolute atomic E-state index is 11.7. The Balaban J connectivity index is 2.29. The summed E-state index contributed by atoms with van der Waals surface area (Å²) in [5.41, 5.74) is 6.31. The normalized spacial score (nSPS) is 10.3. The van der Waals surface area contributed by atoms with E-state index in [-0.39, 0.29) is 11.6 Å². The second-order valence-corrected chi connectivity index (χ2v) is 4.54. The minimum absolute atomic E-state index is 0.151. The van der Waals surface area contributed by atoms with Crippen molar-refractivity contribution in [1.82, 2.24) is 14.5 Å². The third-order valence-electron chi connectivity index (χ3n) is 2.88. The number of nitrogens with two attached hydrogens (primary N) is 1. The Morgan fingerprint density at radius 1 is 1.33 bits per heavy atom. The van der Waals surface area contributed by atoms with Gasteiger partial charge in [0.1, 0.15) is 5.69 Å². The minimum Gasteiger partial charge on any atom is -0.364 e. The van der Waals surface area contributed by atoms with E-state index in [1.54, 1.807) is 16.8 Å². The van der Waals surface area contributed by atoms with Crippen LogP contribution in [0.5, 0.6) is 0 Å². The van der Waals surface area contributed by atoms with Crippen LogP contribution in [0.3, 0.4) is 0 Å². The van der Waals surface area contributed by atoms with E-state index in [0.717, 1.165) is 12.1 Å². The number of anilines is 1. The zero-order valence-electron chi connectivity index (χ0n) is 11.7. The average molecular weight is 287 g/mol. The van der Waals surface area contributed by atoms with Gasteiger partial charge in [0.05, 0.1) is 18.4 Å². The van der Waals surface area contributed by atoms with Gasteiger partial charge in [-0.15, -0.1) is 0 Å². The molecule has 0 spiro atoms. The molecule has 0 radical (unpaired) electrons. The number of hydrogen-bond donors (Lipinski definition) is 2. The molecule has 0 aromatic carbocycles. The Morgan fingerprint density at radius 3 is 2.76 bits per heavy atom. The lowest BCUT2D eigenvalue weighted by Crippen LogP contribution is -2.21. The van der Waals surface area contributed by atoms with Crippen LogP contribution < -0.4 is 11.1 Å². The standard InChI is InChI=1S/C14H17N5O2/c1-2-5-12(20)18-14-17-8-11(13(15)21)19(14)9-10-6-3-4-7-16-10/h3-4,6-8H,2,5,9H2,1H3,(H2,15,21)(H,17,18,20). The fraction of sp³-hybridized carbons (Fsp3) is 0.286. The molecule has 0 aliphatic carbocycles. The number of hydrogen-bond acceptors (Lipinski definition) is 4. The van der Waals surface area contributed by atoms with Crippen LogP contribution >= 0.6 is 0 Å². The highest BCUT2D eigenvalue weighted by Crippen LogP contribution is 2.13. The van der Waals surface area contributed by atoms with E-state index in [2.05, 4.69) is 15.3 Å². The molecular formula is C14H17N5O2. The van der Waals surface area contributed by atoms with Crippen LogP contribution in [0, 0.1) is 0 Å². The molecule has 0 fully saturated rings. The van der Waals surface area contributed by atoms with Crippen LogP contribution in [0.4, 0.5) is 5.95 Å². The maximum Gasteiger partial charge on any atom is 0.267 e. The molecule has 7 nitrogen and oxygen atoms in total. The van der Waals surface area contributed by atoms with Crippen molar-refractivity contribution in [2.45, 2.75) is 26.3 Å². The Morgan fingerprint density at radius 2 is 2.14 bits per heavy atom. The van der Waals surface area contributed by atoms with Crippen molar-refractivity contribution in [2.75, 3.05) is 5.32 Å². The number of nitrogens with zero attached hydrogens (tertiary/aromatic N) is 3. The molecule has 110 valence electrons. The quantitative estimate of drug-likeness (QED) is 0.832. The summed E-state index contributed by atoms with van der Waals surface area (Å²) in [5, 5.41) is 2.68. The van der Waals surface area contributed by atoms with Crippen LogP contribution in [0.1, 0.15) is 35.9 Å². The first kappa shape index (κ1) is 14.7. The fourth-order valence-electron chi connectivity index (χ4n) is 1.90. The van der Waals surface area contributed by atoms with Gasteiger partial charge in [0, 0.05) is 12.6 Å². The SMILES string of the molecule is CCCC(=O)Nc1ncc(C(N)=O)n1Cc1ccccn1. The molecule has 0 aliphatic heterocycles. The highest BCUT2D eigenvalue weighted by atomic mass is 16.2. The second kappa shape index (κ2) is 6.65. The molecular weight excluding hydrogens is 270 g/mol. The van der Waals surface area contributed by atoms with Gasteiger partial charge in [-0.1, -0.05) is 13.0 Å². The van der Waals surface area contributed by atoms with Crippen molar-refractivity contribution in [3.63, 3.8) is 0 Å². The van der Waals surface area contributed by atoms with Crippen LogP contribution in [0.2, 0.25) is 0 Å². The Labute approximate surface area is 122 Å². The van der Waals surface area contributed by atoms with Gasteiger partial charge < -0.3 is 5.73 Å². The molecule has 0 bridgehead atoms. The van der Waals surface area contributed by atoms with Gasteiger partial charge in [-0.3, -0.25) is 24.5 Å². The molecule has 21 heavy (non-hydrogen) atoms. The lowest BCUT2D eigenvalue weighted by molar-refractivity contribution is -0.116. The predicted molar refractivity (Wildman–Crippen MR) is 77.6 cm³/mol. The van der Waals surface area contributed by atoms with Gasteiger partial charge in [-0.05, 0) is 18.6 Å². The Hall–Kier alpha value is -2.70. The largest absolute Gasteiger partial charge is 0.364 e. The maximum atomic E-state index is 11.7. The molecule has 7 heteroatoms. The monoisotopic (exact) mass is 287 g/mol. The number of carbonyl (C=O) groups excluding carboxylic acids is 2. The third kappa shape index (κ3) is 3.65. The van der Waals surface area contributed by atoms with Crippen molar-refractivity contribution in [1.29, 1.82) is 0 Å². The van der Waals surface area contributed by atoms with Gasteiger partial charge in [0.25, 0.3) is 5.91 Å². The first-order chi connectivity index (χ1) is 10.1. The number of pyridine rings is 1. The molecule has 0 saturated heterocycles. The number of rotatable bonds is 6. The van der Waals surface area contributed by atoms with E-state index in [0.29, 0.717) is 18.9 Å². The fourth-order valence-corrected chi connectivity index (χ4v) is 1.90. The van der Waals surface area contributed by atoms with Gasteiger partial charge in [0.2, 0.25) is 11.9 Å². The molecule has 3 N–H and O–H groups in total. The predicted octanol–water partition coefficient (Wildman–Crippen LogP) is 1.16. The second-order valence-electron chi connectivity index (χ2n) is 4.54. The van der Waals surface area contributed by atoms with E-state index in [9.17, 15) is 9.59 Å². The summed E-state index contributed by atoms with van der Waals surface area (Å²) in [7, 11) is 0. The molecule has 2 aromatic rings. The molecule has 2 amide bonds. The molecule has 2 heterocycles. The van der Waals surface area contributed by atoms with Gasteiger partial charge in [-0.25, -0.2) is 4.98 Å². The first-order valence-corrected chi connectivity index (χ1v) is 6.67. The highest BCUT2D eigenvalue weighted by molar-refractivity contribution is 5.93. The highest BCUT2D eigenvalue weighted by Gasteiger charge is 2.16. The number of carbonyl (C=O) groups is 2. The van der Waals surface area contributed by atoms with E-state index in [1.165, 1.54) is 6.20 Å². The molecule has 2 rings (SSSR count). The number of amides is 2. The third-order valence-corrected chi connectivity index (χ3v) is 2.88. The summed E-state index contributed by atoms with van der Waals surface area (Å²) in [6, 6.07) is 5.47. The van der Waals surface area contributed by atoms with Crippen molar-refractivity contribution >= 4 is 17.8 Å². The van der Waals surface area contributed by atoms with E-state index >= 15 is 0 Å². The summed E-state index contributed by atoms with van der Waals surface area (Å²) < 4.78 is 1.55. The Kier molecular flexibility index (Phi) is 4.65. The summed E-state index contributed by atoms with van der Waals surface area (Å²) >= 11 is 0. The summed E-state index contributed by atoms with van der Waals surface area (Å²) in [4.78, 5) is 31.4.